The zero-order valence-electron chi connectivity index (χ0n) is 14.4. The summed E-state index contributed by atoms with van der Waals surface area (Å²) in [5.41, 5.74) is 2.27. The standard InChI is InChI=1S/C17H18N6O3/c1-9-10(2)18-14-8-12(21-23(14)16(9)25)13-4-3-7-22(13)17(26)11-5-6-15(24)20-19-11/h5-6,8,13,21H,3-4,7H2,1-2H3,(H,20,24). The van der Waals surface area contributed by atoms with Gasteiger partial charge in [0.15, 0.2) is 5.65 Å². The van der Waals surface area contributed by atoms with Gasteiger partial charge in [-0.3, -0.25) is 19.5 Å². The second-order valence-corrected chi connectivity index (χ2v) is 6.50. The Morgan fingerprint density at radius 3 is 2.81 bits per heavy atom. The number of carbonyl (C=O) groups excluding carboxylic acids is 1. The number of fused-ring (bicyclic) bond motifs is 1. The number of amides is 1. The lowest BCUT2D eigenvalue weighted by Crippen LogP contribution is -2.32. The van der Waals surface area contributed by atoms with E-state index in [0.29, 0.717) is 23.4 Å². The summed E-state index contributed by atoms with van der Waals surface area (Å²) >= 11 is 0. The first kappa shape index (κ1) is 16.2. The number of hydrogen-bond acceptors (Lipinski definition) is 5. The van der Waals surface area contributed by atoms with Gasteiger partial charge in [-0.15, -0.1) is 0 Å². The van der Waals surface area contributed by atoms with Crippen LogP contribution in [-0.2, 0) is 0 Å². The average Bonchev–Trinajstić information content (AvgIpc) is 3.26. The monoisotopic (exact) mass is 354 g/mol. The van der Waals surface area contributed by atoms with Crippen molar-refractivity contribution in [1.82, 2.24) is 29.7 Å². The molecule has 9 nitrogen and oxygen atoms in total. The second kappa shape index (κ2) is 5.94. The smallest absolute Gasteiger partial charge is 0.275 e. The number of aryl methyl sites for hydroxylation is 1. The molecule has 1 atom stereocenters. The third-order valence-corrected chi connectivity index (χ3v) is 4.87. The van der Waals surface area contributed by atoms with E-state index in [0.717, 1.165) is 18.5 Å². The van der Waals surface area contributed by atoms with Gasteiger partial charge in [0.2, 0.25) is 0 Å². The zero-order valence-corrected chi connectivity index (χ0v) is 14.4. The van der Waals surface area contributed by atoms with Gasteiger partial charge in [0.05, 0.1) is 11.7 Å². The lowest BCUT2D eigenvalue weighted by molar-refractivity contribution is 0.0725. The number of nitrogens with one attached hydrogen (secondary N) is 2. The van der Waals surface area contributed by atoms with Gasteiger partial charge in [0.25, 0.3) is 17.0 Å². The van der Waals surface area contributed by atoms with Crippen LogP contribution >= 0.6 is 0 Å². The van der Waals surface area contributed by atoms with Crippen molar-refractivity contribution in [3.63, 3.8) is 0 Å². The minimum absolute atomic E-state index is 0.142. The third kappa shape index (κ3) is 2.52. The molecule has 1 aliphatic heterocycles. The lowest BCUT2D eigenvalue weighted by atomic mass is 10.1. The molecule has 3 aromatic heterocycles. The SMILES string of the molecule is Cc1nc2cc(C3CCCN3C(=O)c3ccc(=O)[nH]n3)[nH]n2c(=O)c1C. The van der Waals surface area contributed by atoms with Crippen LogP contribution in [0.5, 0.6) is 0 Å². The molecule has 1 amide bonds. The van der Waals surface area contributed by atoms with Gasteiger partial charge < -0.3 is 4.90 Å². The molecule has 3 aromatic rings. The first-order chi connectivity index (χ1) is 12.5. The van der Waals surface area contributed by atoms with Gasteiger partial charge in [0.1, 0.15) is 5.69 Å². The molecule has 1 aliphatic rings. The third-order valence-electron chi connectivity index (χ3n) is 4.87. The van der Waals surface area contributed by atoms with E-state index < -0.39 is 0 Å². The largest absolute Gasteiger partial charge is 0.329 e. The Kier molecular flexibility index (Phi) is 3.71. The molecule has 0 aliphatic carbocycles. The van der Waals surface area contributed by atoms with Gasteiger partial charge >= 0.3 is 0 Å². The molecule has 1 fully saturated rings. The topological polar surface area (TPSA) is 116 Å². The van der Waals surface area contributed by atoms with Crippen LogP contribution < -0.4 is 11.1 Å². The van der Waals surface area contributed by atoms with Gasteiger partial charge in [-0.25, -0.2) is 14.6 Å². The molecule has 26 heavy (non-hydrogen) atoms. The molecule has 9 heteroatoms. The van der Waals surface area contributed by atoms with Crippen molar-refractivity contribution in [3.8, 4) is 0 Å². The Morgan fingerprint density at radius 2 is 2.08 bits per heavy atom. The van der Waals surface area contributed by atoms with Crippen LogP contribution in [-0.4, -0.2) is 42.1 Å². The summed E-state index contributed by atoms with van der Waals surface area (Å²) in [6.07, 6.45) is 1.62. The van der Waals surface area contributed by atoms with Crippen LogP contribution in [0.15, 0.2) is 27.8 Å². The number of rotatable bonds is 2. The predicted octanol–water partition coefficient (Wildman–Crippen LogP) is 0.700. The fraction of sp³-hybridized carbons (Fsp3) is 0.353. The number of aromatic nitrogens is 5. The van der Waals surface area contributed by atoms with Gasteiger partial charge in [-0.1, -0.05) is 0 Å². The molecule has 2 N–H and O–H groups in total. The molecule has 0 bridgehead atoms. The summed E-state index contributed by atoms with van der Waals surface area (Å²) in [5.74, 6) is -0.255. The number of aromatic amines is 2. The molecule has 1 saturated heterocycles. The van der Waals surface area contributed by atoms with E-state index in [9.17, 15) is 14.4 Å². The van der Waals surface area contributed by atoms with E-state index in [1.807, 2.05) is 6.07 Å². The molecule has 0 aromatic carbocycles. The Hall–Kier alpha value is -3.23. The lowest BCUT2D eigenvalue weighted by Gasteiger charge is -2.23. The van der Waals surface area contributed by atoms with E-state index in [-0.39, 0.29) is 28.8 Å². The highest BCUT2D eigenvalue weighted by Crippen LogP contribution is 2.32. The van der Waals surface area contributed by atoms with E-state index in [2.05, 4.69) is 20.3 Å². The molecule has 4 rings (SSSR count). The van der Waals surface area contributed by atoms with Crippen molar-refractivity contribution in [2.75, 3.05) is 6.54 Å². The van der Waals surface area contributed by atoms with Crippen molar-refractivity contribution in [1.29, 1.82) is 0 Å². The first-order valence-electron chi connectivity index (χ1n) is 8.41. The number of hydrogen-bond donors (Lipinski definition) is 2. The van der Waals surface area contributed by atoms with Crippen LogP contribution in [0.25, 0.3) is 5.65 Å². The first-order valence-corrected chi connectivity index (χ1v) is 8.41. The Balaban J connectivity index is 1.72. The van der Waals surface area contributed by atoms with Crippen molar-refractivity contribution >= 4 is 11.6 Å². The Morgan fingerprint density at radius 1 is 1.27 bits per heavy atom. The number of likely N-dealkylation sites (tertiary alicyclic amines) is 1. The molecule has 1 unspecified atom stereocenters. The van der Waals surface area contributed by atoms with E-state index >= 15 is 0 Å². The normalized spacial score (nSPS) is 17.2. The van der Waals surface area contributed by atoms with Crippen LogP contribution in [0.1, 0.15) is 46.3 Å². The highest BCUT2D eigenvalue weighted by Gasteiger charge is 2.32. The van der Waals surface area contributed by atoms with Crippen LogP contribution in [0.4, 0.5) is 0 Å². The molecular weight excluding hydrogens is 336 g/mol. The molecule has 0 saturated carbocycles. The maximum Gasteiger partial charge on any atom is 0.275 e. The average molecular weight is 354 g/mol. The molecule has 0 spiro atoms. The molecular formula is C17H18N6O3. The maximum atomic E-state index is 12.8. The summed E-state index contributed by atoms with van der Waals surface area (Å²) in [5, 5.41) is 9.20. The quantitative estimate of drug-likeness (QED) is 0.703. The summed E-state index contributed by atoms with van der Waals surface area (Å²) in [7, 11) is 0. The molecule has 4 heterocycles. The van der Waals surface area contributed by atoms with Crippen LogP contribution in [0, 0.1) is 13.8 Å². The zero-order chi connectivity index (χ0) is 18.4. The fourth-order valence-electron chi connectivity index (χ4n) is 3.35. The minimum Gasteiger partial charge on any atom is -0.329 e. The highest BCUT2D eigenvalue weighted by molar-refractivity contribution is 5.92. The second-order valence-electron chi connectivity index (χ2n) is 6.50. The van der Waals surface area contributed by atoms with Crippen molar-refractivity contribution in [2.24, 2.45) is 0 Å². The van der Waals surface area contributed by atoms with Crippen molar-refractivity contribution < 1.29 is 4.79 Å². The summed E-state index contributed by atoms with van der Waals surface area (Å²) in [6, 6.07) is 4.31. The van der Waals surface area contributed by atoms with Gasteiger partial charge in [-0.2, -0.15) is 5.10 Å². The predicted molar refractivity (Wildman–Crippen MR) is 93.2 cm³/mol. The van der Waals surface area contributed by atoms with Crippen LogP contribution in [0.3, 0.4) is 0 Å². The van der Waals surface area contributed by atoms with E-state index in [1.54, 1.807) is 18.7 Å². The fourth-order valence-corrected chi connectivity index (χ4v) is 3.35. The number of nitrogens with zero attached hydrogens (tertiary/aromatic N) is 4. The van der Waals surface area contributed by atoms with Crippen molar-refractivity contribution in [2.45, 2.75) is 32.7 Å². The summed E-state index contributed by atoms with van der Waals surface area (Å²) in [4.78, 5) is 42.5. The van der Waals surface area contributed by atoms with E-state index in [4.69, 9.17) is 0 Å². The van der Waals surface area contributed by atoms with Gasteiger partial charge in [-0.05, 0) is 32.8 Å². The van der Waals surface area contributed by atoms with Crippen LogP contribution in [0.2, 0.25) is 0 Å². The number of carbonyl (C=O) groups is 1. The molecule has 0 radical (unpaired) electrons. The van der Waals surface area contributed by atoms with Gasteiger partial charge in [0, 0.05) is 29.9 Å². The highest BCUT2D eigenvalue weighted by atomic mass is 16.2. The summed E-state index contributed by atoms with van der Waals surface area (Å²) < 4.78 is 1.41. The van der Waals surface area contributed by atoms with Crippen molar-refractivity contribution in [3.05, 3.63) is 61.6 Å². The molecule has 134 valence electrons. The maximum absolute atomic E-state index is 12.8. The minimum atomic E-state index is -0.355. The van der Waals surface area contributed by atoms with E-state index in [1.165, 1.54) is 16.6 Å². The Labute approximate surface area is 147 Å². The Bertz CT molecular complexity index is 1110. The summed E-state index contributed by atoms with van der Waals surface area (Å²) in [6.45, 7) is 4.13. The number of H-pyrrole nitrogens is 2.